The summed E-state index contributed by atoms with van der Waals surface area (Å²) in [7, 11) is 0. The molecular formula is C16H24N2O2. The van der Waals surface area contributed by atoms with E-state index in [1.165, 1.54) is 5.56 Å². The highest BCUT2D eigenvalue weighted by atomic mass is 16.6. The third-order valence-electron chi connectivity index (χ3n) is 3.36. The molecule has 0 aromatic heterocycles. The number of nitrogens with two attached hydrogens (primary N) is 1. The van der Waals surface area contributed by atoms with Crippen LogP contribution in [0.4, 0.5) is 10.5 Å². The van der Waals surface area contributed by atoms with Crippen molar-refractivity contribution in [2.24, 2.45) is 5.73 Å². The Labute approximate surface area is 120 Å². The lowest BCUT2D eigenvalue weighted by Crippen LogP contribution is -2.39. The Hall–Kier alpha value is -1.55. The Balaban J connectivity index is 2.27. The van der Waals surface area contributed by atoms with Crippen LogP contribution >= 0.6 is 0 Å². The van der Waals surface area contributed by atoms with Gasteiger partial charge in [0.2, 0.25) is 0 Å². The van der Waals surface area contributed by atoms with Crippen molar-refractivity contribution in [3.05, 3.63) is 29.3 Å². The van der Waals surface area contributed by atoms with Gasteiger partial charge in [0.1, 0.15) is 5.60 Å². The first-order valence-corrected chi connectivity index (χ1v) is 7.17. The monoisotopic (exact) mass is 276 g/mol. The van der Waals surface area contributed by atoms with Crippen LogP contribution in [0.15, 0.2) is 18.2 Å². The Morgan fingerprint density at radius 2 is 2.10 bits per heavy atom. The summed E-state index contributed by atoms with van der Waals surface area (Å²) in [6, 6.07) is 6.09. The zero-order chi connectivity index (χ0) is 14.9. The van der Waals surface area contributed by atoms with Gasteiger partial charge in [-0.25, -0.2) is 4.79 Å². The maximum Gasteiger partial charge on any atom is 0.414 e. The van der Waals surface area contributed by atoms with Crippen LogP contribution in [0.1, 0.15) is 51.3 Å². The Kier molecular flexibility index (Phi) is 4.04. The molecule has 2 N–H and O–H groups in total. The third-order valence-corrected chi connectivity index (χ3v) is 3.36. The number of carbonyl (C=O) groups excluding carboxylic acids is 1. The van der Waals surface area contributed by atoms with E-state index in [9.17, 15) is 4.79 Å². The van der Waals surface area contributed by atoms with Crippen molar-refractivity contribution in [1.29, 1.82) is 0 Å². The molecule has 4 heteroatoms. The molecule has 0 unspecified atom stereocenters. The first-order chi connectivity index (χ1) is 9.28. The van der Waals surface area contributed by atoms with Gasteiger partial charge in [0.05, 0.1) is 5.69 Å². The van der Waals surface area contributed by atoms with Crippen LogP contribution in [-0.2, 0) is 11.2 Å². The fourth-order valence-electron chi connectivity index (χ4n) is 2.41. The van der Waals surface area contributed by atoms with Crippen LogP contribution in [0.25, 0.3) is 0 Å². The molecule has 0 spiro atoms. The van der Waals surface area contributed by atoms with Gasteiger partial charge in [0.25, 0.3) is 0 Å². The first kappa shape index (κ1) is 14.9. The number of nitrogens with zero attached hydrogens (tertiary/aromatic N) is 1. The molecule has 0 radical (unpaired) electrons. The number of hydrogen-bond acceptors (Lipinski definition) is 3. The van der Waals surface area contributed by atoms with Crippen molar-refractivity contribution in [3.8, 4) is 0 Å². The highest BCUT2D eigenvalue weighted by Gasteiger charge is 2.27. The highest BCUT2D eigenvalue weighted by molar-refractivity contribution is 5.89. The van der Waals surface area contributed by atoms with Crippen molar-refractivity contribution in [2.75, 3.05) is 11.4 Å². The van der Waals surface area contributed by atoms with E-state index >= 15 is 0 Å². The fourth-order valence-corrected chi connectivity index (χ4v) is 2.41. The Morgan fingerprint density at radius 3 is 2.70 bits per heavy atom. The lowest BCUT2D eigenvalue weighted by Gasteiger charge is -2.32. The van der Waals surface area contributed by atoms with E-state index in [0.29, 0.717) is 6.54 Å². The number of amides is 1. The second kappa shape index (κ2) is 5.44. The molecular weight excluding hydrogens is 252 g/mol. The van der Waals surface area contributed by atoms with E-state index in [1.54, 1.807) is 4.90 Å². The topological polar surface area (TPSA) is 55.6 Å². The third kappa shape index (κ3) is 3.31. The lowest BCUT2D eigenvalue weighted by atomic mass is 9.97. The lowest BCUT2D eigenvalue weighted by molar-refractivity contribution is 0.0578. The normalized spacial score (nSPS) is 16.6. The molecule has 0 saturated carbocycles. The van der Waals surface area contributed by atoms with Gasteiger partial charge >= 0.3 is 6.09 Å². The van der Waals surface area contributed by atoms with E-state index < -0.39 is 5.60 Å². The summed E-state index contributed by atoms with van der Waals surface area (Å²) in [4.78, 5) is 14.0. The SMILES string of the molecule is C[C@@H](N)c1ccc2c(c1)CCCN2C(=O)OC(C)(C)C. The van der Waals surface area contributed by atoms with Gasteiger partial charge in [-0.3, -0.25) is 4.90 Å². The van der Waals surface area contributed by atoms with Gasteiger partial charge in [-0.05, 0) is 57.7 Å². The average Bonchev–Trinajstić information content (AvgIpc) is 2.35. The predicted molar refractivity (Wildman–Crippen MR) is 80.9 cm³/mol. The smallest absolute Gasteiger partial charge is 0.414 e. The summed E-state index contributed by atoms with van der Waals surface area (Å²) in [5, 5.41) is 0. The molecule has 1 aliphatic heterocycles. The molecule has 1 aliphatic rings. The van der Waals surface area contributed by atoms with Crippen LogP contribution in [-0.4, -0.2) is 18.2 Å². The van der Waals surface area contributed by atoms with E-state index in [2.05, 4.69) is 6.07 Å². The zero-order valence-corrected chi connectivity index (χ0v) is 12.8. The second-order valence-corrected chi connectivity index (χ2v) is 6.41. The molecule has 0 aliphatic carbocycles. The number of anilines is 1. The average molecular weight is 276 g/mol. The fraction of sp³-hybridized carbons (Fsp3) is 0.562. The standard InChI is InChI=1S/C16H24N2O2/c1-11(17)12-7-8-14-13(10-12)6-5-9-18(14)15(19)20-16(2,3)4/h7-8,10-11H,5-6,9,17H2,1-4H3/t11-/m1/s1. The molecule has 1 atom stereocenters. The number of hydrogen-bond donors (Lipinski definition) is 1. The molecule has 20 heavy (non-hydrogen) atoms. The summed E-state index contributed by atoms with van der Waals surface area (Å²) in [5.41, 5.74) is 8.69. The van der Waals surface area contributed by atoms with Gasteiger partial charge in [0.15, 0.2) is 0 Å². The summed E-state index contributed by atoms with van der Waals surface area (Å²) in [6.45, 7) is 8.33. The molecule has 0 fully saturated rings. The molecule has 1 amide bonds. The van der Waals surface area contributed by atoms with E-state index in [1.807, 2.05) is 39.8 Å². The van der Waals surface area contributed by atoms with Gasteiger partial charge in [0, 0.05) is 12.6 Å². The van der Waals surface area contributed by atoms with Crippen molar-refractivity contribution in [2.45, 2.75) is 52.2 Å². The number of carbonyl (C=O) groups is 1. The zero-order valence-electron chi connectivity index (χ0n) is 12.8. The minimum atomic E-state index is -0.472. The molecule has 110 valence electrons. The van der Waals surface area contributed by atoms with Crippen LogP contribution in [0, 0.1) is 0 Å². The van der Waals surface area contributed by atoms with Crippen LogP contribution < -0.4 is 10.6 Å². The van der Waals surface area contributed by atoms with Gasteiger partial charge < -0.3 is 10.5 Å². The number of aryl methyl sites for hydroxylation is 1. The van der Waals surface area contributed by atoms with Gasteiger partial charge in [-0.1, -0.05) is 12.1 Å². The van der Waals surface area contributed by atoms with Crippen LogP contribution in [0.2, 0.25) is 0 Å². The first-order valence-electron chi connectivity index (χ1n) is 7.17. The molecule has 4 nitrogen and oxygen atoms in total. The highest BCUT2D eigenvalue weighted by Crippen LogP contribution is 2.30. The van der Waals surface area contributed by atoms with E-state index in [-0.39, 0.29) is 12.1 Å². The van der Waals surface area contributed by atoms with Gasteiger partial charge in [-0.15, -0.1) is 0 Å². The molecule has 1 aromatic rings. The summed E-state index contributed by atoms with van der Waals surface area (Å²) < 4.78 is 5.47. The molecule has 2 rings (SSSR count). The number of benzene rings is 1. The minimum absolute atomic E-state index is 0.0113. The molecule has 1 heterocycles. The van der Waals surface area contributed by atoms with Gasteiger partial charge in [-0.2, -0.15) is 0 Å². The quantitative estimate of drug-likeness (QED) is 0.855. The Morgan fingerprint density at radius 1 is 1.40 bits per heavy atom. The number of rotatable bonds is 1. The Bertz CT molecular complexity index is 504. The largest absolute Gasteiger partial charge is 0.443 e. The predicted octanol–water partition coefficient (Wildman–Crippen LogP) is 3.39. The van der Waals surface area contributed by atoms with Crippen LogP contribution in [0.3, 0.4) is 0 Å². The summed E-state index contributed by atoms with van der Waals surface area (Å²) in [5.74, 6) is 0. The number of fused-ring (bicyclic) bond motifs is 1. The van der Waals surface area contributed by atoms with Crippen molar-refractivity contribution >= 4 is 11.8 Å². The maximum absolute atomic E-state index is 12.3. The van der Waals surface area contributed by atoms with E-state index in [4.69, 9.17) is 10.5 Å². The summed E-state index contributed by atoms with van der Waals surface area (Å²) in [6.07, 6.45) is 1.66. The minimum Gasteiger partial charge on any atom is -0.443 e. The van der Waals surface area contributed by atoms with E-state index in [0.717, 1.165) is 24.1 Å². The van der Waals surface area contributed by atoms with Crippen molar-refractivity contribution in [3.63, 3.8) is 0 Å². The molecule has 0 bridgehead atoms. The maximum atomic E-state index is 12.3. The van der Waals surface area contributed by atoms with Crippen molar-refractivity contribution in [1.82, 2.24) is 0 Å². The van der Waals surface area contributed by atoms with Crippen molar-refractivity contribution < 1.29 is 9.53 Å². The van der Waals surface area contributed by atoms with Crippen LogP contribution in [0.5, 0.6) is 0 Å². The second-order valence-electron chi connectivity index (χ2n) is 6.41. The number of ether oxygens (including phenoxy) is 1. The molecule has 0 saturated heterocycles. The summed E-state index contributed by atoms with van der Waals surface area (Å²) >= 11 is 0. The molecule has 1 aromatic carbocycles.